The molecule has 2 aliphatic heterocycles. The number of ether oxygens (including phenoxy) is 4. The second kappa shape index (κ2) is 11.2. The molecule has 1 saturated heterocycles. The van der Waals surface area contributed by atoms with Gasteiger partial charge in [0.25, 0.3) is 0 Å². The summed E-state index contributed by atoms with van der Waals surface area (Å²) in [4.78, 5) is 31.0. The van der Waals surface area contributed by atoms with Crippen molar-refractivity contribution in [2.75, 3.05) is 6.61 Å². The molecular weight excluding hydrogens is 574 g/mol. The van der Waals surface area contributed by atoms with Gasteiger partial charge in [-0.15, -0.1) is 0 Å². The van der Waals surface area contributed by atoms with Crippen molar-refractivity contribution in [1.82, 2.24) is 4.98 Å². The molecule has 244 valence electrons. The second-order valence-corrected chi connectivity index (χ2v) is 14.9. The largest absolute Gasteiger partial charge is 0.482 e. The van der Waals surface area contributed by atoms with Crippen LogP contribution in [0.1, 0.15) is 110 Å². The number of esters is 1. The van der Waals surface area contributed by atoms with E-state index in [1.165, 1.54) is 6.42 Å². The highest BCUT2D eigenvalue weighted by Crippen LogP contribution is 2.68. The molecule has 0 aromatic carbocycles. The van der Waals surface area contributed by atoms with E-state index in [9.17, 15) is 14.7 Å². The van der Waals surface area contributed by atoms with Gasteiger partial charge in [-0.2, -0.15) is 0 Å². The van der Waals surface area contributed by atoms with E-state index >= 15 is 0 Å². The number of unbranched alkanes of at least 4 members (excludes halogenated alkanes) is 1. The zero-order chi connectivity index (χ0) is 31.6. The number of aromatic nitrogens is 1. The molecule has 5 aliphatic rings. The van der Waals surface area contributed by atoms with Crippen LogP contribution < -0.4 is 10.4 Å². The lowest BCUT2D eigenvalue weighted by Gasteiger charge is -2.68. The van der Waals surface area contributed by atoms with Crippen LogP contribution in [0.2, 0.25) is 0 Å². The maximum absolute atomic E-state index is 13.6. The lowest BCUT2D eigenvalue weighted by molar-refractivity contribution is -0.376. The molecule has 0 bridgehead atoms. The quantitative estimate of drug-likeness (QED) is 0.373. The highest BCUT2D eigenvalue weighted by Gasteiger charge is 2.71. The van der Waals surface area contributed by atoms with Crippen molar-refractivity contribution in [1.29, 1.82) is 0 Å². The molecule has 2 aromatic heterocycles. The van der Waals surface area contributed by atoms with Gasteiger partial charge >= 0.3 is 11.6 Å². The summed E-state index contributed by atoms with van der Waals surface area (Å²) in [6, 6.07) is 5.23. The average Bonchev–Trinajstić information content (AvgIpc) is 3.02. The average molecular weight is 622 g/mol. The number of nitrogens with zero attached hydrogens (tertiary/aromatic N) is 1. The fourth-order valence-electron chi connectivity index (χ4n) is 9.85. The SMILES string of the molecule is CCCCC(=O)O[C@H]1C[C@H]2[C@]3(C)COC4(CCCCC4)O[C@H]3CC[C@]2(C)[C@H]2[C@@H](O)c3c(cc(-c4cccnc4)oc3=O)O[C@]12C. The van der Waals surface area contributed by atoms with Crippen LogP contribution in [0.5, 0.6) is 5.75 Å². The molecule has 7 rings (SSSR count). The number of hydrogen-bond donors (Lipinski definition) is 1. The monoisotopic (exact) mass is 621 g/mol. The van der Waals surface area contributed by atoms with E-state index in [-0.39, 0.29) is 34.7 Å². The summed E-state index contributed by atoms with van der Waals surface area (Å²) in [5, 5.41) is 12.3. The number of carbonyl (C=O) groups is 1. The molecule has 3 saturated carbocycles. The molecule has 0 unspecified atom stereocenters. The fourth-order valence-corrected chi connectivity index (χ4v) is 9.85. The van der Waals surface area contributed by atoms with Crippen LogP contribution in [0.3, 0.4) is 0 Å². The van der Waals surface area contributed by atoms with E-state index in [0.717, 1.165) is 51.4 Å². The Labute approximate surface area is 265 Å². The molecule has 1 spiro atoms. The Kier molecular flexibility index (Phi) is 7.68. The van der Waals surface area contributed by atoms with Gasteiger partial charge in [0, 0.05) is 54.6 Å². The predicted molar refractivity (Wildman–Crippen MR) is 165 cm³/mol. The summed E-state index contributed by atoms with van der Waals surface area (Å²) in [7, 11) is 0. The number of aliphatic hydroxyl groups excluding tert-OH is 1. The lowest BCUT2D eigenvalue weighted by atomic mass is 9.42. The maximum atomic E-state index is 13.6. The van der Waals surface area contributed by atoms with Crippen LogP contribution in [-0.4, -0.2) is 46.3 Å². The van der Waals surface area contributed by atoms with E-state index < -0.39 is 40.6 Å². The van der Waals surface area contributed by atoms with Crippen molar-refractivity contribution in [2.45, 2.75) is 128 Å². The van der Waals surface area contributed by atoms with Crippen LogP contribution in [0.15, 0.2) is 39.8 Å². The number of pyridine rings is 1. The number of fused-ring (bicyclic) bond motifs is 6. The second-order valence-electron chi connectivity index (χ2n) is 14.9. The van der Waals surface area contributed by atoms with Crippen LogP contribution in [0, 0.1) is 22.7 Å². The molecular formula is C36H47NO8. The first kappa shape index (κ1) is 30.9. The summed E-state index contributed by atoms with van der Waals surface area (Å²) in [5.41, 5.74) is -1.83. The zero-order valence-corrected chi connectivity index (χ0v) is 27.0. The third kappa shape index (κ3) is 4.87. The van der Waals surface area contributed by atoms with Gasteiger partial charge < -0.3 is 28.5 Å². The highest BCUT2D eigenvalue weighted by molar-refractivity contribution is 5.69. The van der Waals surface area contributed by atoms with Gasteiger partial charge in [0.05, 0.1) is 18.8 Å². The standard InChI is InChI=1S/C36H47NO8/c1-5-6-12-28(38)43-27-19-25-33(2,16-13-26-34(25,3)21-41-36(45-26)14-8-7-9-15-36)31-30(39)29-24(44-35(27,31)4)18-23(42-32(29)40)22-11-10-17-37-20-22/h10-11,17-18,20,25-27,30-31,39H,5-9,12-16,19,21H2,1-4H3/t25-,26+,27+,30+,31-,33+,34+,35-/m1/s1. The topological polar surface area (TPSA) is 117 Å². The molecule has 1 N–H and O–H groups in total. The molecule has 4 heterocycles. The van der Waals surface area contributed by atoms with Gasteiger partial charge in [-0.25, -0.2) is 4.79 Å². The first-order valence-corrected chi connectivity index (χ1v) is 17.0. The van der Waals surface area contributed by atoms with E-state index in [2.05, 4.69) is 18.8 Å². The van der Waals surface area contributed by atoms with Crippen LogP contribution in [0.25, 0.3) is 11.3 Å². The minimum Gasteiger partial charge on any atom is -0.482 e. The van der Waals surface area contributed by atoms with Crippen molar-refractivity contribution in [3.63, 3.8) is 0 Å². The van der Waals surface area contributed by atoms with E-state index in [1.807, 2.05) is 13.8 Å². The maximum Gasteiger partial charge on any atom is 0.345 e. The number of carbonyl (C=O) groups excluding carboxylic acids is 1. The summed E-state index contributed by atoms with van der Waals surface area (Å²) < 4.78 is 32.5. The first-order chi connectivity index (χ1) is 21.5. The Morgan fingerprint density at radius 1 is 1.13 bits per heavy atom. The molecule has 45 heavy (non-hydrogen) atoms. The smallest absolute Gasteiger partial charge is 0.345 e. The van der Waals surface area contributed by atoms with Gasteiger partial charge in [-0.1, -0.05) is 33.6 Å². The number of rotatable bonds is 5. The van der Waals surface area contributed by atoms with E-state index in [0.29, 0.717) is 30.8 Å². The predicted octanol–water partition coefficient (Wildman–Crippen LogP) is 6.51. The molecule has 8 atom stereocenters. The van der Waals surface area contributed by atoms with Crippen molar-refractivity contribution >= 4 is 5.97 Å². The third-order valence-corrected chi connectivity index (χ3v) is 12.2. The first-order valence-electron chi connectivity index (χ1n) is 17.0. The Bertz CT molecular complexity index is 1490. The molecule has 0 radical (unpaired) electrons. The van der Waals surface area contributed by atoms with Crippen molar-refractivity contribution in [3.05, 3.63) is 46.6 Å². The molecule has 9 heteroatoms. The van der Waals surface area contributed by atoms with Crippen LogP contribution in [0.4, 0.5) is 0 Å². The highest BCUT2D eigenvalue weighted by atomic mass is 16.7. The molecule has 2 aromatic rings. The minimum absolute atomic E-state index is 0.00993. The van der Waals surface area contributed by atoms with Crippen LogP contribution >= 0.6 is 0 Å². The molecule has 3 aliphatic carbocycles. The Hall–Kier alpha value is -2.75. The van der Waals surface area contributed by atoms with Gasteiger partial charge in [-0.3, -0.25) is 9.78 Å². The van der Waals surface area contributed by atoms with Crippen molar-refractivity contribution < 1.29 is 33.3 Å². The van der Waals surface area contributed by atoms with Gasteiger partial charge in [-0.05, 0) is 68.9 Å². The Morgan fingerprint density at radius 3 is 2.67 bits per heavy atom. The summed E-state index contributed by atoms with van der Waals surface area (Å²) in [5.74, 6) is -0.783. The Balaban J connectivity index is 1.30. The molecule has 4 fully saturated rings. The zero-order valence-electron chi connectivity index (χ0n) is 27.0. The molecule has 0 amide bonds. The van der Waals surface area contributed by atoms with E-state index in [1.54, 1.807) is 30.6 Å². The van der Waals surface area contributed by atoms with Gasteiger partial charge in [0.15, 0.2) is 5.79 Å². The Morgan fingerprint density at radius 2 is 1.93 bits per heavy atom. The van der Waals surface area contributed by atoms with Crippen molar-refractivity contribution in [3.8, 4) is 17.1 Å². The van der Waals surface area contributed by atoms with Crippen LogP contribution in [-0.2, 0) is 19.0 Å². The molecule has 9 nitrogen and oxygen atoms in total. The third-order valence-electron chi connectivity index (χ3n) is 12.2. The fraction of sp³-hybridized carbons (Fsp3) is 0.694. The number of hydrogen-bond acceptors (Lipinski definition) is 9. The number of aliphatic hydroxyl groups is 1. The normalized spacial score (nSPS) is 38.2. The van der Waals surface area contributed by atoms with Gasteiger partial charge in [0.2, 0.25) is 0 Å². The lowest BCUT2D eigenvalue weighted by Crippen LogP contribution is -2.72. The minimum atomic E-state index is -1.18. The summed E-state index contributed by atoms with van der Waals surface area (Å²) in [6.45, 7) is 8.99. The summed E-state index contributed by atoms with van der Waals surface area (Å²) in [6.07, 6.45) is 10.7. The summed E-state index contributed by atoms with van der Waals surface area (Å²) >= 11 is 0. The van der Waals surface area contributed by atoms with Gasteiger partial charge in [0.1, 0.15) is 28.8 Å². The van der Waals surface area contributed by atoms with Crippen molar-refractivity contribution in [2.24, 2.45) is 22.7 Å². The van der Waals surface area contributed by atoms with E-state index in [4.69, 9.17) is 23.4 Å².